The van der Waals surface area contributed by atoms with Gasteiger partial charge in [0.05, 0.1) is 0 Å². The molecule has 1 aliphatic rings. The summed E-state index contributed by atoms with van der Waals surface area (Å²) in [5.74, 6) is 0.821. The van der Waals surface area contributed by atoms with E-state index in [-0.39, 0.29) is 20.1 Å². The fourth-order valence-electron chi connectivity index (χ4n) is 7.25. The average Bonchev–Trinajstić information content (AvgIpc) is 3.65. The molecule has 0 saturated heterocycles. The third-order valence-electron chi connectivity index (χ3n) is 9.47. The van der Waals surface area contributed by atoms with Gasteiger partial charge in [0.25, 0.3) is 0 Å². The van der Waals surface area contributed by atoms with Crippen molar-refractivity contribution in [1.82, 2.24) is 4.57 Å². The molecule has 0 radical (unpaired) electrons. The van der Waals surface area contributed by atoms with Gasteiger partial charge in [0.1, 0.15) is 5.75 Å². The molecule has 0 fully saturated rings. The van der Waals surface area contributed by atoms with Crippen LogP contribution in [-0.2, 0) is 5.41 Å². The van der Waals surface area contributed by atoms with Gasteiger partial charge in [0.2, 0.25) is 0 Å². The smallest absolute Gasteiger partial charge is 0.0617 e. The van der Waals surface area contributed by atoms with E-state index in [0.29, 0.717) is 39.3 Å². The Morgan fingerprint density at radius 3 is 2.41 bits per heavy atom. The van der Waals surface area contributed by atoms with Crippen molar-refractivity contribution in [3.63, 3.8) is 0 Å². The zero-order valence-electron chi connectivity index (χ0n) is 31.4. The topological polar surface area (TPSA) is 14.2 Å². The number of aromatic nitrogens is 1. The minimum absolute atomic E-state index is 0.168. The molecular weight excluding hydrogens is 625 g/mol. The monoisotopic (exact) mass is 665 g/mol. The van der Waals surface area contributed by atoms with Crippen LogP contribution in [0.25, 0.3) is 58.3 Å². The summed E-state index contributed by atoms with van der Waals surface area (Å²) in [6.45, 7) is -1.30. The van der Waals surface area contributed by atoms with Crippen molar-refractivity contribution in [1.29, 1.82) is 0 Å². The standard InChI is InChI=1S/C43H33NOSe/c1-26-23-24-30(27(2)39(26)33-17-12-19-35-41(33)45-37-21-9-7-18-34(37)43(35,3)4)28-13-11-14-29(25-28)44-36-20-8-5-15-31(36)42-40(44)32-16-6-10-22-38(32)46-42/h5-25H,1-4H3/i2D3,3D3. The van der Waals surface area contributed by atoms with Crippen molar-refractivity contribution in [3.8, 4) is 39.4 Å². The molecule has 1 aliphatic heterocycles. The third-order valence-corrected chi connectivity index (χ3v) is 12.0. The van der Waals surface area contributed by atoms with Gasteiger partial charge in [-0.15, -0.1) is 0 Å². The van der Waals surface area contributed by atoms with Crippen LogP contribution in [-0.4, -0.2) is 19.1 Å². The summed E-state index contributed by atoms with van der Waals surface area (Å²) < 4.78 is 64.6. The number of ether oxygens (including phenoxy) is 1. The molecule has 2 aromatic heterocycles. The van der Waals surface area contributed by atoms with Crippen LogP contribution in [0.15, 0.2) is 127 Å². The predicted molar refractivity (Wildman–Crippen MR) is 194 cm³/mol. The van der Waals surface area contributed by atoms with Crippen molar-refractivity contribution < 1.29 is 13.0 Å². The molecule has 222 valence electrons. The Hall–Kier alpha value is -4.82. The fraction of sp³-hybridized carbons (Fsp3) is 0.116. The normalized spacial score (nSPS) is 18.1. The molecule has 0 saturated carbocycles. The number of hydrogen-bond acceptors (Lipinski definition) is 1. The van der Waals surface area contributed by atoms with Crippen LogP contribution in [0.3, 0.4) is 0 Å². The van der Waals surface area contributed by atoms with E-state index in [2.05, 4.69) is 65.2 Å². The molecule has 9 rings (SSSR count). The summed E-state index contributed by atoms with van der Waals surface area (Å²) in [4.78, 5) is 0. The minimum atomic E-state index is -2.52. The molecule has 0 N–H and O–H groups in total. The molecule has 0 spiro atoms. The van der Waals surface area contributed by atoms with E-state index in [1.54, 1.807) is 25.1 Å². The molecule has 0 aliphatic carbocycles. The molecule has 3 heteroatoms. The number of aryl methyl sites for hydroxylation is 1. The third kappa shape index (κ3) is 3.89. The summed E-state index contributed by atoms with van der Waals surface area (Å²) in [5.41, 5.74) is 6.36. The van der Waals surface area contributed by atoms with E-state index in [1.165, 1.54) is 24.8 Å². The van der Waals surface area contributed by atoms with Gasteiger partial charge in [0, 0.05) is 15.1 Å². The van der Waals surface area contributed by atoms with Gasteiger partial charge in [-0.1, -0.05) is 38.0 Å². The zero-order valence-corrected chi connectivity index (χ0v) is 27.1. The summed E-state index contributed by atoms with van der Waals surface area (Å²) in [7, 11) is 0. The number of para-hydroxylation sites is 3. The van der Waals surface area contributed by atoms with Crippen molar-refractivity contribution in [2.75, 3.05) is 0 Å². The van der Waals surface area contributed by atoms with E-state index in [0.717, 1.165) is 22.3 Å². The van der Waals surface area contributed by atoms with E-state index in [9.17, 15) is 0 Å². The minimum Gasteiger partial charge on any atom is -0.0617 e. The Morgan fingerprint density at radius 1 is 0.739 bits per heavy atom. The van der Waals surface area contributed by atoms with Crippen molar-refractivity contribution in [2.24, 2.45) is 0 Å². The first-order chi connectivity index (χ1) is 24.9. The van der Waals surface area contributed by atoms with Gasteiger partial charge >= 0.3 is 219 Å². The van der Waals surface area contributed by atoms with Gasteiger partial charge in [-0.3, -0.25) is 0 Å². The van der Waals surface area contributed by atoms with E-state index in [1.807, 2.05) is 55.5 Å². The molecular formula is C43H33NOSe. The quantitative estimate of drug-likeness (QED) is 0.172. The Kier molecular flexibility index (Phi) is 4.79. The second-order valence-electron chi connectivity index (χ2n) is 12.3. The van der Waals surface area contributed by atoms with Crippen LogP contribution in [0.5, 0.6) is 11.5 Å². The second kappa shape index (κ2) is 10.1. The molecule has 8 aromatic rings. The van der Waals surface area contributed by atoms with Crippen LogP contribution in [0.2, 0.25) is 0 Å². The van der Waals surface area contributed by atoms with Crippen LogP contribution in [0.1, 0.15) is 44.3 Å². The van der Waals surface area contributed by atoms with E-state index >= 15 is 0 Å². The maximum absolute atomic E-state index is 8.97. The summed E-state index contributed by atoms with van der Waals surface area (Å²) in [6.07, 6.45) is 0. The van der Waals surface area contributed by atoms with Crippen molar-refractivity contribution in [3.05, 3.63) is 150 Å². The van der Waals surface area contributed by atoms with Gasteiger partial charge in [0.15, 0.2) is 0 Å². The molecule has 6 aromatic carbocycles. The zero-order chi connectivity index (χ0) is 36.2. The Labute approximate surface area is 283 Å². The van der Waals surface area contributed by atoms with Crippen LogP contribution < -0.4 is 4.74 Å². The van der Waals surface area contributed by atoms with Crippen molar-refractivity contribution in [2.45, 2.75) is 33.0 Å². The van der Waals surface area contributed by atoms with E-state index < -0.39 is 19.1 Å². The van der Waals surface area contributed by atoms with Crippen LogP contribution in [0, 0.1) is 13.8 Å². The van der Waals surface area contributed by atoms with Crippen molar-refractivity contribution >= 4 is 44.8 Å². The first-order valence-corrected chi connectivity index (χ1v) is 17.2. The van der Waals surface area contributed by atoms with Gasteiger partial charge in [-0.2, -0.15) is 0 Å². The molecule has 2 nitrogen and oxygen atoms in total. The molecule has 0 amide bonds. The average molecular weight is 665 g/mol. The molecule has 46 heavy (non-hydrogen) atoms. The maximum atomic E-state index is 8.97. The Balaban J connectivity index is 1.29. The Bertz CT molecular complexity index is 2730. The Morgan fingerprint density at radius 2 is 1.52 bits per heavy atom. The summed E-state index contributed by atoms with van der Waals surface area (Å²) >= 11 is 0.168. The van der Waals surface area contributed by atoms with Crippen LogP contribution >= 0.6 is 0 Å². The molecule has 1 atom stereocenters. The van der Waals surface area contributed by atoms with Crippen LogP contribution in [0.4, 0.5) is 0 Å². The molecule has 1 unspecified atom stereocenters. The number of nitrogens with zero attached hydrogens (tertiary/aromatic N) is 1. The first kappa shape index (κ1) is 21.8. The first-order valence-electron chi connectivity index (χ1n) is 18.4. The fourth-order valence-corrected chi connectivity index (χ4v) is 9.82. The van der Waals surface area contributed by atoms with Gasteiger partial charge in [-0.25, -0.2) is 0 Å². The number of hydrogen-bond donors (Lipinski definition) is 0. The number of benzene rings is 6. The summed E-state index contributed by atoms with van der Waals surface area (Å²) in [5, 5.41) is 2.47. The molecule has 0 bridgehead atoms. The van der Waals surface area contributed by atoms with E-state index in [4.69, 9.17) is 13.0 Å². The van der Waals surface area contributed by atoms with Gasteiger partial charge < -0.3 is 0 Å². The second-order valence-corrected chi connectivity index (χ2v) is 14.5. The SMILES string of the molecule is [2H]C([2H])([2H])c1c(-c2cccc(-n3c4ccccc4c4[se]c5ccccc5c43)c2)ccc(C)c1-c1cccc2c1Oc1ccccc1C2(C)C([2H])([2H])[2H]. The van der Waals surface area contributed by atoms with Gasteiger partial charge in [-0.05, 0) is 6.07 Å². The molecule has 3 heterocycles. The predicted octanol–water partition coefficient (Wildman–Crippen LogP) is 11.4. The summed E-state index contributed by atoms with van der Waals surface area (Å²) in [6, 6.07) is 41.7. The number of fused-ring (bicyclic) bond motifs is 7. The number of rotatable bonds is 3.